The highest BCUT2D eigenvalue weighted by atomic mass is 19.1. The summed E-state index contributed by atoms with van der Waals surface area (Å²) in [5, 5.41) is 0. The summed E-state index contributed by atoms with van der Waals surface area (Å²) in [6.45, 7) is 3.91. The molecule has 0 radical (unpaired) electrons. The smallest absolute Gasteiger partial charge is 0.159 e. The zero-order valence-electron chi connectivity index (χ0n) is 10.5. The van der Waals surface area contributed by atoms with Crippen molar-refractivity contribution in [1.29, 1.82) is 0 Å². The standard InChI is InChI=1S/C15H15FN2/c1-3-5-12-6-7-13(8-14(12)16)15-17-9-11(4-2)10-18-15/h3,5-10H,4H2,1-2H3/b5-3+. The van der Waals surface area contributed by atoms with E-state index in [1.165, 1.54) is 6.07 Å². The van der Waals surface area contributed by atoms with Gasteiger partial charge in [0.25, 0.3) is 0 Å². The lowest BCUT2D eigenvalue weighted by molar-refractivity contribution is 0.625. The lowest BCUT2D eigenvalue weighted by Crippen LogP contribution is -1.92. The van der Waals surface area contributed by atoms with Gasteiger partial charge < -0.3 is 0 Å². The molecule has 0 saturated carbocycles. The summed E-state index contributed by atoms with van der Waals surface area (Å²) >= 11 is 0. The SMILES string of the molecule is C/C=C/c1ccc(-c2ncc(CC)cn2)cc1F. The Bertz CT molecular complexity index is 559. The van der Waals surface area contributed by atoms with Crippen molar-refractivity contribution in [3.63, 3.8) is 0 Å². The van der Waals surface area contributed by atoms with Crippen LogP contribution in [0.4, 0.5) is 4.39 Å². The summed E-state index contributed by atoms with van der Waals surface area (Å²) < 4.78 is 13.8. The first-order chi connectivity index (χ1) is 8.74. The maximum absolute atomic E-state index is 13.8. The molecule has 2 rings (SSSR count). The highest BCUT2D eigenvalue weighted by Gasteiger charge is 2.05. The second kappa shape index (κ2) is 5.54. The van der Waals surface area contributed by atoms with Gasteiger partial charge in [-0.1, -0.05) is 31.2 Å². The van der Waals surface area contributed by atoms with Gasteiger partial charge in [0, 0.05) is 23.5 Å². The number of aryl methyl sites for hydroxylation is 1. The highest BCUT2D eigenvalue weighted by molar-refractivity contribution is 5.60. The average molecular weight is 242 g/mol. The Morgan fingerprint density at radius 3 is 2.50 bits per heavy atom. The Hall–Kier alpha value is -2.03. The Balaban J connectivity index is 2.35. The van der Waals surface area contributed by atoms with E-state index in [4.69, 9.17) is 0 Å². The van der Waals surface area contributed by atoms with Gasteiger partial charge in [-0.3, -0.25) is 0 Å². The van der Waals surface area contributed by atoms with Crippen molar-refractivity contribution < 1.29 is 4.39 Å². The molecule has 0 fully saturated rings. The molecule has 2 nitrogen and oxygen atoms in total. The highest BCUT2D eigenvalue weighted by Crippen LogP contribution is 2.19. The molecule has 92 valence electrons. The maximum atomic E-state index is 13.8. The zero-order valence-corrected chi connectivity index (χ0v) is 10.5. The van der Waals surface area contributed by atoms with E-state index in [1.54, 1.807) is 24.5 Å². The quantitative estimate of drug-likeness (QED) is 0.816. The minimum Gasteiger partial charge on any atom is -0.236 e. The van der Waals surface area contributed by atoms with E-state index in [0.29, 0.717) is 17.0 Å². The Morgan fingerprint density at radius 1 is 1.22 bits per heavy atom. The van der Waals surface area contributed by atoms with Crippen LogP contribution in [0.1, 0.15) is 25.0 Å². The van der Waals surface area contributed by atoms with Crippen molar-refractivity contribution >= 4 is 6.08 Å². The van der Waals surface area contributed by atoms with E-state index in [2.05, 4.69) is 9.97 Å². The number of rotatable bonds is 3. The largest absolute Gasteiger partial charge is 0.236 e. The van der Waals surface area contributed by atoms with E-state index >= 15 is 0 Å². The fraction of sp³-hybridized carbons (Fsp3) is 0.200. The summed E-state index contributed by atoms with van der Waals surface area (Å²) in [5.74, 6) is 0.298. The van der Waals surface area contributed by atoms with E-state index in [9.17, 15) is 4.39 Å². The van der Waals surface area contributed by atoms with Gasteiger partial charge in [0.05, 0.1) is 0 Å². The number of nitrogens with zero attached hydrogens (tertiary/aromatic N) is 2. The summed E-state index contributed by atoms with van der Waals surface area (Å²) in [6.07, 6.45) is 8.00. The molecule has 0 atom stereocenters. The van der Waals surface area contributed by atoms with Crippen molar-refractivity contribution in [1.82, 2.24) is 9.97 Å². The molecular weight excluding hydrogens is 227 g/mol. The second-order valence-corrected chi connectivity index (χ2v) is 4.00. The lowest BCUT2D eigenvalue weighted by atomic mass is 10.1. The van der Waals surface area contributed by atoms with Gasteiger partial charge >= 0.3 is 0 Å². The second-order valence-electron chi connectivity index (χ2n) is 4.00. The molecule has 0 bridgehead atoms. The predicted molar refractivity (Wildman–Crippen MR) is 71.5 cm³/mol. The third kappa shape index (κ3) is 2.62. The first kappa shape index (κ1) is 12.4. The molecule has 1 aromatic carbocycles. The van der Waals surface area contributed by atoms with Crippen LogP contribution >= 0.6 is 0 Å². The maximum Gasteiger partial charge on any atom is 0.159 e. The Kier molecular flexibility index (Phi) is 3.82. The van der Waals surface area contributed by atoms with Crippen LogP contribution < -0.4 is 0 Å². The van der Waals surface area contributed by atoms with E-state index in [-0.39, 0.29) is 5.82 Å². The minimum atomic E-state index is -0.256. The molecule has 1 heterocycles. The van der Waals surface area contributed by atoms with Gasteiger partial charge in [0.1, 0.15) is 5.82 Å². The third-order valence-electron chi connectivity index (χ3n) is 2.72. The van der Waals surface area contributed by atoms with Crippen molar-refractivity contribution in [2.45, 2.75) is 20.3 Å². The minimum absolute atomic E-state index is 0.256. The number of hydrogen-bond acceptors (Lipinski definition) is 2. The number of allylic oxidation sites excluding steroid dienone is 1. The van der Waals surface area contributed by atoms with Gasteiger partial charge in [-0.05, 0) is 25.0 Å². The van der Waals surface area contributed by atoms with Crippen molar-refractivity contribution in [3.05, 3.63) is 53.6 Å². The molecule has 3 heteroatoms. The van der Waals surface area contributed by atoms with Crippen LogP contribution in [0, 0.1) is 5.82 Å². The number of halogens is 1. The number of hydrogen-bond donors (Lipinski definition) is 0. The van der Waals surface area contributed by atoms with Crippen LogP contribution in [0.15, 0.2) is 36.7 Å². The van der Waals surface area contributed by atoms with Crippen molar-refractivity contribution in [2.75, 3.05) is 0 Å². The molecule has 0 N–H and O–H groups in total. The molecule has 0 amide bonds. The van der Waals surface area contributed by atoms with Crippen LogP contribution in [0.2, 0.25) is 0 Å². The summed E-state index contributed by atoms with van der Waals surface area (Å²) in [4.78, 5) is 8.48. The van der Waals surface area contributed by atoms with Crippen molar-refractivity contribution in [2.24, 2.45) is 0 Å². The van der Waals surface area contributed by atoms with Crippen LogP contribution in [0.5, 0.6) is 0 Å². The van der Waals surface area contributed by atoms with Crippen molar-refractivity contribution in [3.8, 4) is 11.4 Å². The normalized spacial score (nSPS) is 11.1. The topological polar surface area (TPSA) is 25.8 Å². The van der Waals surface area contributed by atoms with Gasteiger partial charge in [0.15, 0.2) is 5.82 Å². The van der Waals surface area contributed by atoms with Gasteiger partial charge in [-0.25, -0.2) is 14.4 Å². The number of benzene rings is 1. The molecule has 0 aliphatic heterocycles. The monoisotopic (exact) mass is 242 g/mol. The molecule has 2 aromatic rings. The van der Waals surface area contributed by atoms with E-state index < -0.39 is 0 Å². The molecule has 0 aliphatic carbocycles. The van der Waals surface area contributed by atoms with Crippen LogP contribution in [-0.4, -0.2) is 9.97 Å². The molecule has 0 saturated heterocycles. The summed E-state index contributed by atoms with van der Waals surface area (Å²) in [6, 6.07) is 5.04. The lowest BCUT2D eigenvalue weighted by Gasteiger charge is -2.03. The number of aromatic nitrogens is 2. The first-order valence-electron chi connectivity index (χ1n) is 5.98. The van der Waals surface area contributed by atoms with Gasteiger partial charge in [0.2, 0.25) is 0 Å². The first-order valence-corrected chi connectivity index (χ1v) is 5.98. The van der Waals surface area contributed by atoms with Crippen LogP contribution in [0.25, 0.3) is 17.5 Å². The average Bonchev–Trinajstić information content (AvgIpc) is 2.41. The van der Waals surface area contributed by atoms with E-state index in [1.807, 2.05) is 26.0 Å². The Labute approximate surface area is 106 Å². The zero-order chi connectivity index (χ0) is 13.0. The van der Waals surface area contributed by atoms with Gasteiger partial charge in [-0.15, -0.1) is 0 Å². The molecular formula is C15H15FN2. The predicted octanol–water partition coefficient (Wildman–Crippen LogP) is 3.88. The fourth-order valence-electron chi connectivity index (χ4n) is 1.67. The molecule has 0 spiro atoms. The molecule has 1 aromatic heterocycles. The molecule has 0 aliphatic rings. The molecule has 0 unspecified atom stereocenters. The summed E-state index contributed by atoms with van der Waals surface area (Å²) in [5.41, 5.74) is 2.35. The molecule has 18 heavy (non-hydrogen) atoms. The fourth-order valence-corrected chi connectivity index (χ4v) is 1.67. The van der Waals surface area contributed by atoms with Crippen LogP contribution in [-0.2, 0) is 6.42 Å². The third-order valence-corrected chi connectivity index (χ3v) is 2.72. The van der Waals surface area contributed by atoms with E-state index in [0.717, 1.165) is 12.0 Å². The van der Waals surface area contributed by atoms with Crippen LogP contribution in [0.3, 0.4) is 0 Å². The van der Waals surface area contributed by atoms with Gasteiger partial charge in [-0.2, -0.15) is 0 Å². The Morgan fingerprint density at radius 2 is 1.94 bits per heavy atom. The summed E-state index contributed by atoms with van der Waals surface area (Å²) in [7, 11) is 0.